The number of nitrogens with zero attached hydrogens (tertiary/aromatic N) is 3. The van der Waals surface area contributed by atoms with Gasteiger partial charge in [-0.25, -0.2) is 13.2 Å². The predicted molar refractivity (Wildman–Crippen MR) is 100 cm³/mol. The lowest BCUT2D eigenvalue weighted by molar-refractivity contribution is -0.128. The van der Waals surface area contributed by atoms with Crippen molar-refractivity contribution in [3.05, 3.63) is 60.4 Å². The molecule has 0 saturated carbocycles. The number of sulfonamides is 1. The number of carbonyl (C=O) groups is 2. The van der Waals surface area contributed by atoms with E-state index in [0.717, 1.165) is 5.56 Å². The smallest absolute Gasteiger partial charge is 0.305 e. The molecule has 3 heterocycles. The maximum Gasteiger partial charge on any atom is 0.325 e. The van der Waals surface area contributed by atoms with Gasteiger partial charge in [0.05, 0.1) is 0 Å². The van der Waals surface area contributed by atoms with E-state index in [1.807, 2.05) is 30.3 Å². The first kappa shape index (κ1) is 18.6. The van der Waals surface area contributed by atoms with Crippen LogP contribution in [0.5, 0.6) is 0 Å². The molecule has 1 aromatic carbocycles. The summed E-state index contributed by atoms with van der Waals surface area (Å²) in [6.45, 7) is 0.611. The van der Waals surface area contributed by atoms with Crippen molar-refractivity contribution < 1.29 is 18.0 Å². The van der Waals surface area contributed by atoms with E-state index < -0.39 is 21.6 Å². The standard InChI is InChI=1S/C19H20N4O4S/c24-17-19(23(18(25)21-17)14-15-5-2-1-3-6-15)8-11-22(12-9-19)28(26,27)16-7-4-10-20-13-16/h1-7,10,13H,8-9,11-12,14H2,(H,21,24,25). The Morgan fingerprint density at radius 3 is 2.39 bits per heavy atom. The molecule has 8 nitrogen and oxygen atoms in total. The number of urea groups is 1. The number of rotatable bonds is 4. The lowest BCUT2D eigenvalue weighted by atomic mass is 9.86. The van der Waals surface area contributed by atoms with Crippen molar-refractivity contribution in [1.29, 1.82) is 0 Å². The van der Waals surface area contributed by atoms with E-state index in [1.165, 1.54) is 22.8 Å². The van der Waals surface area contributed by atoms with E-state index in [0.29, 0.717) is 6.54 Å². The van der Waals surface area contributed by atoms with Gasteiger partial charge in [0.2, 0.25) is 10.0 Å². The molecule has 2 aliphatic rings. The van der Waals surface area contributed by atoms with Crippen LogP contribution in [-0.4, -0.2) is 53.2 Å². The Labute approximate surface area is 163 Å². The summed E-state index contributed by atoms with van der Waals surface area (Å²) in [5.74, 6) is -0.355. The van der Waals surface area contributed by atoms with Gasteiger partial charge in [-0.2, -0.15) is 4.31 Å². The van der Waals surface area contributed by atoms with E-state index in [2.05, 4.69) is 10.3 Å². The molecule has 3 amide bonds. The minimum Gasteiger partial charge on any atom is -0.305 e. The summed E-state index contributed by atoms with van der Waals surface area (Å²) >= 11 is 0. The zero-order valence-electron chi connectivity index (χ0n) is 15.1. The van der Waals surface area contributed by atoms with Crippen molar-refractivity contribution in [2.75, 3.05) is 13.1 Å². The second-order valence-electron chi connectivity index (χ2n) is 6.96. The zero-order chi connectivity index (χ0) is 19.8. The number of amides is 3. The van der Waals surface area contributed by atoms with Crippen molar-refractivity contribution in [1.82, 2.24) is 19.5 Å². The Morgan fingerprint density at radius 1 is 1.04 bits per heavy atom. The van der Waals surface area contributed by atoms with Gasteiger partial charge in [0.25, 0.3) is 5.91 Å². The first-order valence-corrected chi connectivity index (χ1v) is 10.4. The number of hydrogen-bond acceptors (Lipinski definition) is 5. The Kier molecular flexibility index (Phi) is 4.64. The molecule has 0 aliphatic carbocycles. The highest BCUT2D eigenvalue weighted by atomic mass is 32.2. The van der Waals surface area contributed by atoms with Crippen molar-refractivity contribution in [3.8, 4) is 0 Å². The maximum atomic E-state index is 12.8. The zero-order valence-corrected chi connectivity index (χ0v) is 15.9. The third-order valence-electron chi connectivity index (χ3n) is 5.41. The number of piperidine rings is 1. The molecule has 0 unspecified atom stereocenters. The molecule has 2 fully saturated rings. The Hall–Kier alpha value is -2.78. The Morgan fingerprint density at radius 2 is 1.75 bits per heavy atom. The average Bonchev–Trinajstić information content (AvgIpc) is 2.94. The Bertz CT molecular complexity index is 987. The number of nitrogens with one attached hydrogen (secondary N) is 1. The van der Waals surface area contributed by atoms with Crippen LogP contribution in [0.15, 0.2) is 59.8 Å². The van der Waals surface area contributed by atoms with Crippen LogP contribution in [0.2, 0.25) is 0 Å². The van der Waals surface area contributed by atoms with E-state index in [9.17, 15) is 18.0 Å². The van der Waals surface area contributed by atoms with Crippen molar-refractivity contribution in [2.45, 2.75) is 29.8 Å². The molecule has 2 aliphatic heterocycles. The average molecular weight is 400 g/mol. The fourth-order valence-electron chi connectivity index (χ4n) is 3.83. The number of benzene rings is 1. The fourth-order valence-corrected chi connectivity index (χ4v) is 5.24. The molecule has 1 spiro atoms. The summed E-state index contributed by atoms with van der Waals surface area (Å²) in [6, 6.07) is 12.1. The fraction of sp³-hybridized carbons (Fsp3) is 0.316. The van der Waals surface area contributed by atoms with Gasteiger partial charge < -0.3 is 4.90 Å². The van der Waals surface area contributed by atoms with Gasteiger partial charge in [-0.15, -0.1) is 0 Å². The molecule has 2 saturated heterocycles. The van der Waals surface area contributed by atoms with Crippen LogP contribution in [0.3, 0.4) is 0 Å². The monoisotopic (exact) mass is 400 g/mol. The third-order valence-corrected chi connectivity index (χ3v) is 7.29. The van der Waals surface area contributed by atoms with Gasteiger partial charge in [-0.05, 0) is 30.5 Å². The van der Waals surface area contributed by atoms with Crippen LogP contribution in [0.4, 0.5) is 4.79 Å². The molecule has 0 atom stereocenters. The number of aromatic nitrogens is 1. The van der Waals surface area contributed by atoms with E-state index in [1.54, 1.807) is 11.0 Å². The summed E-state index contributed by atoms with van der Waals surface area (Å²) in [6.07, 6.45) is 3.32. The van der Waals surface area contributed by atoms with Gasteiger partial charge in [0.15, 0.2) is 0 Å². The molecule has 0 bridgehead atoms. The second-order valence-corrected chi connectivity index (χ2v) is 8.89. The highest BCUT2D eigenvalue weighted by Crippen LogP contribution is 2.36. The van der Waals surface area contributed by atoms with Crippen LogP contribution >= 0.6 is 0 Å². The minimum absolute atomic E-state index is 0.124. The molecular formula is C19H20N4O4S. The molecule has 1 aromatic heterocycles. The third kappa shape index (κ3) is 3.06. The van der Waals surface area contributed by atoms with Crippen molar-refractivity contribution >= 4 is 22.0 Å². The van der Waals surface area contributed by atoms with Gasteiger partial charge in [0, 0.05) is 32.0 Å². The molecule has 146 valence electrons. The molecular weight excluding hydrogens is 380 g/mol. The molecule has 0 radical (unpaired) electrons. The molecule has 1 N–H and O–H groups in total. The topological polar surface area (TPSA) is 99.7 Å². The summed E-state index contributed by atoms with van der Waals surface area (Å²) in [7, 11) is -3.68. The van der Waals surface area contributed by atoms with Crippen LogP contribution in [-0.2, 0) is 21.4 Å². The number of pyridine rings is 1. The maximum absolute atomic E-state index is 12.8. The summed E-state index contributed by atoms with van der Waals surface area (Å²) < 4.78 is 27.0. The minimum atomic E-state index is -3.68. The van der Waals surface area contributed by atoms with Crippen LogP contribution < -0.4 is 5.32 Å². The SMILES string of the molecule is O=C1NC(=O)C2(CCN(S(=O)(=O)c3cccnc3)CC2)N1Cc1ccccc1. The van der Waals surface area contributed by atoms with Crippen LogP contribution in [0.1, 0.15) is 18.4 Å². The van der Waals surface area contributed by atoms with E-state index >= 15 is 0 Å². The van der Waals surface area contributed by atoms with Crippen molar-refractivity contribution in [2.24, 2.45) is 0 Å². The predicted octanol–water partition coefficient (Wildman–Crippen LogP) is 1.36. The summed E-state index contributed by atoms with van der Waals surface area (Å²) in [4.78, 5) is 30.6. The van der Waals surface area contributed by atoms with Gasteiger partial charge in [-0.3, -0.25) is 15.1 Å². The Balaban J connectivity index is 1.56. The number of carbonyl (C=O) groups excluding carboxylic acids is 2. The van der Waals surface area contributed by atoms with Crippen LogP contribution in [0.25, 0.3) is 0 Å². The van der Waals surface area contributed by atoms with Gasteiger partial charge in [-0.1, -0.05) is 30.3 Å². The quantitative estimate of drug-likeness (QED) is 0.781. The summed E-state index contributed by atoms with van der Waals surface area (Å²) in [5, 5.41) is 2.40. The molecule has 9 heteroatoms. The van der Waals surface area contributed by atoms with Gasteiger partial charge >= 0.3 is 6.03 Å². The summed E-state index contributed by atoms with van der Waals surface area (Å²) in [5.41, 5.74) is -0.106. The normalized spacial score (nSPS) is 19.8. The van der Waals surface area contributed by atoms with Crippen LogP contribution in [0, 0.1) is 0 Å². The van der Waals surface area contributed by atoms with E-state index in [4.69, 9.17) is 0 Å². The lowest BCUT2D eigenvalue weighted by Gasteiger charge is -2.41. The first-order chi connectivity index (χ1) is 13.4. The largest absolute Gasteiger partial charge is 0.325 e. The molecule has 2 aromatic rings. The van der Waals surface area contributed by atoms with Gasteiger partial charge in [0.1, 0.15) is 10.4 Å². The second kappa shape index (κ2) is 6.99. The number of imide groups is 1. The number of hydrogen-bond donors (Lipinski definition) is 1. The highest BCUT2D eigenvalue weighted by Gasteiger charge is 2.54. The molecule has 28 heavy (non-hydrogen) atoms. The first-order valence-electron chi connectivity index (χ1n) is 9.01. The van der Waals surface area contributed by atoms with Crippen molar-refractivity contribution in [3.63, 3.8) is 0 Å². The lowest BCUT2D eigenvalue weighted by Crippen LogP contribution is -2.57. The highest BCUT2D eigenvalue weighted by molar-refractivity contribution is 7.89. The molecule has 4 rings (SSSR count). The van der Waals surface area contributed by atoms with E-state index in [-0.39, 0.29) is 36.7 Å².